The first-order chi connectivity index (χ1) is 15.1. The molecule has 0 fully saturated rings. The van der Waals surface area contributed by atoms with Crippen LogP contribution in [0.4, 0.5) is 0 Å². The maximum atomic E-state index is 4.74. The number of benzene rings is 2. The van der Waals surface area contributed by atoms with Crippen LogP contribution in [0.1, 0.15) is 49.4 Å². The Labute approximate surface area is 188 Å². The Bertz CT molecular complexity index is 1160. The van der Waals surface area contributed by atoms with Crippen molar-refractivity contribution < 1.29 is 0 Å². The molecule has 4 nitrogen and oxygen atoms in total. The molecular weight excluding hydrogens is 400 g/mol. The number of nitrogens with zero attached hydrogens (tertiary/aromatic N) is 4. The summed E-state index contributed by atoms with van der Waals surface area (Å²) in [6, 6.07) is 18.8. The number of thiazole rings is 1. The van der Waals surface area contributed by atoms with Crippen LogP contribution in [-0.4, -0.2) is 20.0 Å². The molecule has 31 heavy (non-hydrogen) atoms. The second-order valence-corrected chi connectivity index (χ2v) is 8.74. The third kappa shape index (κ3) is 5.17. The van der Waals surface area contributed by atoms with Gasteiger partial charge in [-0.25, -0.2) is 4.98 Å². The monoisotopic (exact) mass is 428 g/mol. The maximum Gasteiger partial charge on any atom is 0.121 e. The van der Waals surface area contributed by atoms with E-state index in [1.807, 2.05) is 18.2 Å². The quantitative estimate of drug-likeness (QED) is 0.308. The molecule has 0 N–H and O–H groups in total. The Balaban J connectivity index is 1.51. The molecule has 0 saturated heterocycles. The minimum atomic E-state index is 0.503. The summed E-state index contributed by atoms with van der Waals surface area (Å²) in [5.74, 6) is 0.503. The molecule has 0 unspecified atom stereocenters. The van der Waals surface area contributed by atoms with E-state index in [1.54, 1.807) is 16.1 Å². The van der Waals surface area contributed by atoms with Crippen LogP contribution in [0.5, 0.6) is 0 Å². The summed E-state index contributed by atoms with van der Waals surface area (Å²) in [6.07, 6.45) is 6.37. The van der Waals surface area contributed by atoms with Gasteiger partial charge in [0.25, 0.3) is 0 Å². The van der Waals surface area contributed by atoms with Crippen molar-refractivity contribution in [2.45, 2.75) is 46.1 Å². The van der Waals surface area contributed by atoms with Gasteiger partial charge in [-0.2, -0.15) is 15.0 Å². The summed E-state index contributed by atoms with van der Waals surface area (Å²) in [7, 11) is 0. The summed E-state index contributed by atoms with van der Waals surface area (Å²) in [5.41, 5.74) is 6.38. The van der Waals surface area contributed by atoms with Crippen molar-refractivity contribution in [1.82, 2.24) is 20.0 Å². The van der Waals surface area contributed by atoms with E-state index in [1.165, 1.54) is 16.3 Å². The first kappa shape index (κ1) is 21.2. The second kappa shape index (κ2) is 9.84. The van der Waals surface area contributed by atoms with Crippen LogP contribution in [0.3, 0.4) is 0 Å². The molecule has 0 aliphatic carbocycles. The van der Waals surface area contributed by atoms with Crippen LogP contribution in [0.15, 0.2) is 66.1 Å². The van der Waals surface area contributed by atoms with Gasteiger partial charge in [-0.3, -0.25) is 0 Å². The summed E-state index contributed by atoms with van der Waals surface area (Å²) < 4.78 is 0. The van der Waals surface area contributed by atoms with E-state index in [9.17, 15) is 0 Å². The van der Waals surface area contributed by atoms with Crippen molar-refractivity contribution in [3.05, 3.63) is 82.3 Å². The van der Waals surface area contributed by atoms with Crippen LogP contribution in [-0.2, 0) is 13.0 Å². The molecule has 4 rings (SSSR count). The largest absolute Gasteiger partial charge is 0.246 e. The lowest BCUT2D eigenvalue weighted by Gasteiger charge is -2.03. The molecule has 2 aromatic carbocycles. The van der Waals surface area contributed by atoms with Crippen LogP contribution >= 0.6 is 11.3 Å². The number of aromatic nitrogens is 4. The molecular formula is C26H28N4S. The SMILES string of the molecule is CCn1nc(-c2ccccc2)c(-c2cccc(/C=C/CCc3csc(C(C)C)n3)c2)n1. The average Bonchev–Trinajstić information content (AvgIpc) is 3.45. The van der Waals surface area contributed by atoms with Gasteiger partial charge in [0.2, 0.25) is 0 Å². The van der Waals surface area contributed by atoms with Crippen molar-refractivity contribution in [2.75, 3.05) is 0 Å². The average molecular weight is 429 g/mol. The fourth-order valence-electron chi connectivity index (χ4n) is 3.42. The minimum absolute atomic E-state index is 0.503. The molecule has 2 heterocycles. The van der Waals surface area contributed by atoms with Gasteiger partial charge in [0.1, 0.15) is 11.4 Å². The van der Waals surface area contributed by atoms with Crippen LogP contribution in [0, 0.1) is 0 Å². The molecule has 158 valence electrons. The van der Waals surface area contributed by atoms with Gasteiger partial charge in [-0.1, -0.05) is 74.5 Å². The smallest absolute Gasteiger partial charge is 0.121 e. The zero-order chi connectivity index (χ0) is 21.6. The Kier molecular flexibility index (Phi) is 6.73. The standard InChI is InChI=1S/C26H28N4S/c1-4-30-28-24(21-13-6-5-7-14-21)25(29-30)22-15-10-12-20(17-22)11-8-9-16-23-18-31-26(27-23)19(2)3/h5-8,10-15,17-19H,4,9,16H2,1-3H3/b11-8+. The number of rotatable bonds is 8. The zero-order valence-electron chi connectivity index (χ0n) is 18.3. The van der Waals surface area contributed by atoms with E-state index in [0.29, 0.717) is 5.92 Å². The molecule has 0 spiro atoms. The predicted molar refractivity (Wildman–Crippen MR) is 130 cm³/mol. The van der Waals surface area contributed by atoms with E-state index < -0.39 is 0 Å². The van der Waals surface area contributed by atoms with Crippen molar-refractivity contribution >= 4 is 17.4 Å². The lowest BCUT2D eigenvalue weighted by Crippen LogP contribution is -1.98. The van der Waals surface area contributed by atoms with Gasteiger partial charge in [-0.05, 0) is 31.4 Å². The topological polar surface area (TPSA) is 43.6 Å². The Morgan fingerprint density at radius 1 is 0.968 bits per heavy atom. The van der Waals surface area contributed by atoms with E-state index in [2.05, 4.69) is 74.7 Å². The zero-order valence-corrected chi connectivity index (χ0v) is 19.1. The van der Waals surface area contributed by atoms with E-state index in [-0.39, 0.29) is 0 Å². The highest BCUT2D eigenvalue weighted by Crippen LogP contribution is 2.29. The molecule has 0 saturated carbocycles. The minimum Gasteiger partial charge on any atom is -0.246 e. The summed E-state index contributed by atoms with van der Waals surface area (Å²) >= 11 is 1.76. The third-order valence-corrected chi connectivity index (χ3v) is 6.28. The molecule has 5 heteroatoms. The second-order valence-electron chi connectivity index (χ2n) is 7.85. The maximum absolute atomic E-state index is 4.74. The van der Waals surface area contributed by atoms with Gasteiger partial charge in [0, 0.05) is 22.4 Å². The molecule has 0 radical (unpaired) electrons. The molecule has 0 atom stereocenters. The Morgan fingerprint density at radius 2 is 1.71 bits per heavy atom. The Morgan fingerprint density at radius 3 is 2.42 bits per heavy atom. The number of allylic oxidation sites excluding steroid dienone is 1. The summed E-state index contributed by atoms with van der Waals surface area (Å²) in [4.78, 5) is 6.49. The van der Waals surface area contributed by atoms with Crippen LogP contribution in [0.25, 0.3) is 28.6 Å². The van der Waals surface area contributed by atoms with Crippen LogP contribution in [0.2, 0.25) is 0 Å². The van der Waals surface area contributed by atoms with Gasteiger partial charge in [-0.15, -0.1) is 11.3 Å². The highest BCUT2D eigenvalue weighted by atomic mass is 32.1. The van der Waals surface area contributed by atoms with Gasteiger partial charge >= 0.3 is 0 Å². The predicted octanol–water partition coefficient (Wildman–Crippen LogP) is 6.86. The van der Waals surface area contributed by atoms with Crippen molar-refractivity contribution in [2.24, 2.45) is 0 Å². The van der Waals surface area contributed by atoms with E-state index >= 15 is 0 Å². The van der Waals surface area contributed by atoms with Gasteiger partial charge < -0.3 is 0 Å². The first-order valence-corrected chi connectivity index (χ1v) is 11.7. The molecule has 2 aromatic heterocycles. The summed E-state index contributed by atoms with van der Waals surface area (Å²) in [5, 5.41) is 12.9. The van der Waals surface area contributed by atoms with Gasteiger partial charge in [0.05, 0.1) is 17.2 Å². The molecule has 0 amide bonds. The highest BCUT2D eigenvalue weighted by molar-refractivity contribution is 7.09. The Hall–Kier alpha value is -3.05. The van der Waals surface area contributed by atoms with E-state index in [4.69, 9.17) is 15.2 Å². The number of hydrogen-bond acceptors (Lipinski definition) is 4. The van der Waals surface area contributed by atoms with Crippen molar-refractivity contribution in [3.8, 4) is 22.5 Å². The first-order valence-electron chi connectivity index (χ1n) is 10.9. The lowest BCUT2D eigenvalue weighted by atomic mass is 10.0. The van der Waals surface area contributed by atoms with E-state index in [0.717, 1.165) is 41.9 Å². The van der Waals surface area contributed by atoms with Crippen molar-refractivity contribution in [1.29, 1.82) is 0 Å². The molecule has 0 aliphatic heterocycles. The number of hydrogen-bond donors (Lipinski definition) is 0. The molecule has 4 aromatic rings. The molecule has 0 aliphatic rings. The lowest BCUT2D eigenvalue weighted by molar-refractivity contribution is 0.572. The molecule has 0 bridgehead atoms. The normalized spacial score (nSPS) is 11.6. The summed E-state index contributed by atoms with van der Waals surface area (Å²) in [6.45, 7) is 7.19. The highest BCUT2D eigenvalue weighted by Gasteiger charge is 2.14. The third-order valence-electron chi connectivity index (χ3n) is 5.09. The van der Waals surface area contributed by atoms with Crippen molar-refractivity contribution in [3.63, 3.8) is 0 Å². The van der Waals surface area contributed by atoms with Gasteiger partial charge in [0.15, 0.2) is 0 Å². The number of aryl methyl sites for hydroxylation is 2. The van der Waals surface area contributed by atoms with Crippen LogP contribution < -0.4 is 0 Å². The fourth-order valence-corrected chi connectivity index (χ4v) is 4.29. The fraction of sp³-hybridized carbons (Fsp3) is 0.269.